The zero-order valence-corrected chi connectivity index (χ0v) is 18.5. The van der Waals surface area contributed by atoms with Crippen molar-refractivity contribution in [3.63, 3.8) is 0 Å². The molecule has 0 saturated heterocycles. The molecule has 0 aliphatic heterocycles. The second kappa shape index (κ2) is 7.28. The number of ether oxygens (including phenoxy) is 2. The van der Waals surface area contributed by atoms with Gasteiger partial charge in [0.2, 0.25) is 0 Å². The summed E-state index contributed by atoms with van der Waals surface area (Å²) in [5.41, 5.74) is 2.09. The number of rotatable bonds is 3. The molecule has 5 rings (SSSR count). The Morgan fingerprint density at radius 2 is 1.97 bits per heavy atom. The van der Waals surface area contributed by atoms with Crippen LogP contribution in [0.5, 0.6) is 0 Å². The smallest absolute Gasteiger partial charge is 0.333 e. The molecule has 5 fully saturated rings. The summed E-state index contributed by atoms with van der Waals surface area (Å²) in [5.74, 6) is 0.910. The number of hydrogen-bond donors (Lipinski definition) is 0. The number of allylic oxidation sites excluding steroid dienone is 2. The van der Waals surface area contributed by atoms with E-state index >= 15 is 0 Å². The lowest BCUT2D eigenvalue weighted by Gasteiger charge is -2.68. The van der Waals surface area contributed by atoms with E-state index in [1.54, 1.807) is 0 Å². The number of carbonyl (C=O) groups excluding carboxylic acids is 2. The summed E-state index contributed by atoms with van der Waals surface area (Å²) >= 11 is 0. The summed E-state index contributed by atoms with van der Waals surface area (Å²) in [7, 11) is 1.50. The molecule has 0 heterocycles. The van der Waals surface area contributed by atoms with Crippen LogP contribution >= 0.6 is 0 Å². The van der Waals surface area contributed by atoms with Crippen LogP contribution in [0.15, 0.2) is 23.8 Å². The predicted molar refractivity (Wildman–Crippen MR) is 112 cm³/mol. The van der Waals surface area contributed by atoms with Gasteiger partial charge in [0.15, 0.2) is 0 Å². The monoisotopic (exact) mass is 400 g/mol. The normalized spacial score (nSPS) is 43.9. The van der Waals surface area contributed by atoms with Gasteiger partial charge >= 0.3 is 11.9 Å². The van der Waals surface area contributed by atoms with E-state index in [2.05, 4.69) is 13.5 Å². The van der Waals surface area contributed by atoms with Crippen molar-refractivity contribution in [1.82, 2.24) is 0 Å². The van der Waals surface area contributed by atoms with Crippen molar-refractivity contribution in [2.45, 2.75) is 78.2 Å². The molecule has 0 aromatic rings. The van der Waals surface area contributed by atoms with Crippen molar-refractivity contribution < 1.29 is 19.1 Å². The van der Waals surface area contributed by atoms with E-state index in [1.807, 2.05) is 19.9 Å². The fraction of sp³-hybridized carbons (Fsp3) is 0.760. The zero-order chi connectivity index (χ0) is 21.0. The Hall–Kier alpha value is -1.58. The number of fused-ring (bicyclic) bond motifs is 3. The molecule has 5 aliphatic carbocycles. The lowest BCUT2D eigenvalue weighted by atomic mass is 9.38. The maximum absolute atomic E-state index is 12.8. The summed E-state index contributed by atoms with van der Waals surface area (Å²) in [4.78, 5) is 25.4. The minimum Gasteiger partial charge on any atom is -0.469 e. The first-order valence-electron chi connectivity index (χ1n) is 11.4. The molecule has 2 bridgehead atoms. The predicted octanol–water partition coefficient (Wildman–Crippen LogP) is 5.23. The second-order valence-corrected chi connectivity index (χ2v) is 10.3. The number of hydrogen-bond acceptors (Lipinski definition) is 4. The van der Waals surface area contributed by atoms with Gasteiger partial charge in [0.25, 0.3) is 0 Å². The van der Waals surface area contributed by atoms with E-state index in [-0.39, 0.29) is 40.7 Å². The maximum atomic E-state index is 12.8. The Balaban J connectivity index is 1.75. The van der Waals surface area contributed by atoms with Gasteiger partial charge < -0.3 is 9.47 Å². The summed E-state index contributed by atoms with van der Waals surface area (Å²) in [6.07, 6.45) is 9.95. The SMILES string of the molecule is C=C1C[C@]23CC[C@@H]1C[C@H]2[C@]1(C)CCC[C@@H](C(=O)OC)[C@H]1C[C@@H]3OC(=O)/C(C)=C\C. The summed E-state index contributed by atoms with van der Waals surface area (Å²) in [6, 6.07) is 0. The number of carbonyl (C=O) groups is 2. The largest absolute Gasteiger partial charge is 0.469 e. The Bertz CT molecular complexity index is 752. The van der Waals surface area contributed by atoms with E-state index in [1.165, 1.54) is 12.7 Å². The maximum Gasteiger partial charge on any atom is 0.333 e. The van der Waals surface area contributed by atoms with Crippen LogP contribution in [-0.4, -0.2) is 25.2 Å². The van der Waals surface area contributed by atoms with Crippen molar-refractivity contribution in [2.75, 3.05) is 7.11 Å². The molecule has 160 valence electrons. The third-order valence-electron chi connectivity index (χ3n) is 9.28. The van der Waals surface area contributed by atoms with Gasteiger partial charge in [-0.1, -0.05) is 31.6 Å². The van der Waals surface area contributed by atoms with Gasteiger partial charge in [0, 0.05) is 11.0 Å². The highest BCUT2D eigenvalue weighted by atomic mass is 16.5. The third-order valence-corrected chi connectivity index (χ3v) is 9.28. The van der Waals surface area contributed by atoms with Crippen molar-refractivity contribution in [2.24, 2.45) is 34.5 Å². The fourth-order valence-corrected chi connectivity index (χ4v) is 7.65. The van der Waals surface area contributed by atoms with Gasteiger partial charge in [-0.15, -0.1) is 0 Å². The molecule has 0 radical (unpaired) electrons. The Morgan fingerprint density at radius 1 is 1.21 bits per heavy atom. The first-order valence-corrected chi connectivity index (χ1v) is 11.4. The molecule has 0 N–H and O–H groups in total. The molecule has 4 nitrogen and oxygen atoms in total. The molecule has 5 aliphatic rings. The molecule has 0 amide bonds. The van der Waals surface area contributed by atoms with Crippen LogP contribution in [0.2, 0.25) is 0 Å². The first kappa shape index (κ1) is 20.7. The third kappa shape index (κ3) is 3.00. The number of methoxy groups -OCH3 is 1. The molecule has 29 heavy (non-hydrogen) atoms. The topological polar surface area (TPSA) is 52.6 Å². The molecular formula is C25H36O4. The van der Waals surface area contributed by atoms with Crippen molar-refractivity contribution in [1.29, 1.82) is 0 Å². The Labute approximate surface area is 175 Å². The van der Waals surface area contributed by atoms with Gasteiger partial charge in [-0.2, -0.15) is 0 Å². The van der Waals surface area contributed by atoms with E-state index < -0.39 is 0 Å². The molecule has 0 aromatic heterocycles. The molecule has 1 spiro atoms. The minimum atomic E-state index is -0.210. The minimum absolute atomic E-state index is 0.0151. The quantitative estimate of drug-likeness (QED) is 0.370. The lowest BCUT2D eigenvalue weighted by molar-refractivity contribution is -0.220. The summed E-state index contributed by atoms with van der Waals surface area (Å²) in [6.45, 7) is 10.5. The second-order valence-electron chi connectivity index (χ2n) is 10.3. The van der Waals surface area contributed by atoms with Gasteiger partial charge in [-0.25, -0.2) is 4.79 Å². The molecule has 0 unspecified atom stereocenters. The fourth-order valence-electron chi connectivity index (χ4n) is 7.65. The van der Waals surface area contributed by atoms with E-state index in [0.29, 0.717) is 17.4 Å². The number of esters is 2. The highest BCUT2D eigenvalue weighted by molar-refractivity contribution is 5.87. The van der Waals surface area contributed by atoms with Gasteiger partial charge in [-0.3, -0.25) is 4.79 Å². The van der Waals surface area contributed by atoms with Crippen LogP contribution in [0.1, 0.15) is 72.1 Å². The molecule has 5 saturated carbocycles. The lowest BCUT2D eigenvalue weighted by Crippen LogP contribution is -2.64. The first-order chi connectivity index (χ1) is 13.8. The van der Waals surface area contributed by atoms with Gasteiger partial charge in [-0.05, 0) is 82.0 Å². The van der Waals surface area contributed by atoms with Crippen LogP contribution in [0.4, 0.5) is 0 Å². The molecule has 0 aromatic carbocycles. The van der Waals surface area contributed by atoms with Crippen molar-refractivity contribution in [3.8, 4) is 0 Å². The van der Waals surface area contributed by atoms with Crippen LogP contribution in [0, 0.1) is 34.5 Å². The highest BCUT2D eigenvalue weighted by Crippen LogP contribution is 2.71. The Morgan fingerprint density at radius 3 is 2.62 bits per heavy atom. The molecule has 7 atom stereocenters. The van der Waals surface area contributed by atoms with Crippen LogP contribution in [-0.2, 0) is 19.1 Å². The van der Waals surface area contributed by atoms with E-state index in [0.717, 1.165) is 51.4 Å². The molecule has 4 heteroatoms. The van der Waals surface area contributed by atoms with Crippen LogP contribution in [0.3, 0.4) is 0 Å². The van der Waals surface area contributed by atoms with Gasteiger partial charge in [0.05, 0.1) is 13.0 Å². The highest BCUT2D eigenvalue weighted by Gasteiger charge is 2.66. The van der Waals surface area contributed by atoms with E-state index in [4.69, 9.17) is 9.47 Å². The summed E-state index contributed by atoms with van der Waals surface area (Å²) < 4.78 is 11.4. The average molecular weight is 401 g/mol. The zero-order valence-electron chi connectivity index (χ0n) is 18.5. The van der Waals surface area contributed by atoms with Crippen molar-refractivity contribution >= 4 is 11.9 Å². The van der Waals surface area contributed by atoms with Crippen LogP contribution in [0.25, 0.3) is 0 Å². The van der Waals surface area contributed by atoms with Crippen LogP contribution < -0.4 is 0 Å². The van der Waals surface area contributed by atoms with E-state index in [9.17, 15) is 9.59 Å². The summed E-state index contributed by atoms with van der Waals surface area (Å²) in [5, 5.41) is 0. The standard InChI is InChI=1S/C25H36O4/c1-6-15(2)22(26)29-21-13-19-18(23(27)28-5)8-7-10-24(19,4)20-12-17-9-11-25(20,21)14-16(17)3/h6,17-21H,3,7-14H2,1-2,4-5H3/b15-6-/t17-,18-,19-,20+,21+,24-,25-/m1/s1. The Kier molecular flexibility index (Phi) is 5.19. The average Bonchev–Trinajstić information content (AvgIpc) is 2.72. The van der Waals surface area contributed by atoms with Crippen molar-refractivity contribution in [3.05, 3.63) is 23.8 Å². The molecular weight excluding hydrogens is 364 g/mol. The van der Waals surface area contributed by atoms with Gasteiger partial charge in [0.1, 0.15) is 6.10 Å².